The van der Waals surface area contributed by atoms with Crippen LogP contribution in [0.1, 0.15) is 29.9 Å². The van der Waals surface area contributed by atoms with Crippen molar-refractivity contribution >= 4 is 10.0 Å². The van der Waals surface area contributed by atoms with Crippen LogP contribution in [-0.2, 0) is 16.4 Å². The smallest absolute Gasteiger partial charge is 0.211 e. The number of benzene rings is 1. The molecule has 1 saturated heterocycles. The summed E-state index contributed by atoms with van der Waals surface area (Å²) in [6.45, 7) is 2.43. The van der Waals surface area contributed by atoms with Crippen LogP contribution in [0.3, 0.4) is 0 Å². The van der Waals surface area contributed by atoms with Crippen LogP contribution >= 0.6 is 0 Å². The van der Waals surface area contributed by atoms with E-state index in [4.69, 9.17) is 0 Å². The third-order valence-electron chi connectivity index (χ3n) is 4.42. The average molecular weight is 294 g/mol. The first-order valence-corrected chi connectivity index (χ1v) is 9.05. The first-order chi connectivity index (χ1) is 9.64. The molecule has 1 aliphatic heterocycles. The van der Waals surface area contributed by atoms with E-state index in [1.807, 2.05) is 12.1 Å². The van der Waals surface area contributed by atoms with E-state index in [0.717, 1.165) is 32.4 Å². The molecule has 0 aromatic heterocycles. The molecule has 20 heavy (non-hydrogen) atoms. The third-order valence-corrected chi connectivity index (χ3v) is 5.94. The lowest BCUT2D eigenvalue weighted by atomic mass is 9.78. The second kappa shape index (κ2) is 5.84. The molecule has 1 unspecified atom stereocenters. The minimum atomic E-state index is -3.13. The summed E-state index contributed by atoms with van der Waals surface area (Å²) >= 11 is 0. The Morgan fingerprint density at radius 3 is 2.70 bits per heavy atom. The second-order valence-corrected chi connectivity index (χ2v) is 7.77. The number of rotatable bonds is 5. The lowest BCUT2D eigenvalue weighted by Gasteiger charge is -2.30. The molecule has 1 aliphatic carbocycles. The van der Waals surface area contributed by atoms with Crippen molar-refractivity contribution in [3.05, 3.63) is 35.4 Å². The summed E-state index contributed by atoms with van der Waals surface area (Å²) in [5, 5.41) is 3.26. The molecule has 1 aromatic rings. The SMILES string of the molecule is O=S(=O)(CC1CCNCC1)NCC1Cc2ccccc21. The maximum Gasteiger partial charge on any atom is 0.211 e. The molecular weight excluding hydrogens is 272 g/mol. The fraction of sp³-hybridized carbons (Fsp3) is 0.600. The highest BCUT2D eigenvalue weighted by molar-refractivity contribution is 7.89. The number of hydrogen-bond donors (Lipinski definition) is 2. The molecule has 3 rings (SSSR count). The normalized spacial score (nSPS) is 23.1. The van der Waals surface area contributed by atoms with Gasteiger partial charge in [0.15, 0.2) is 0 Å². The zero-order valence-electron chi connectivity index (χ0n) is 11.6. The molecule has 1 fully saturated rings. The zero-order chi connectivity index (χ0) is 14.0. The van der Waals surface area contributed by atoms with Gasteiger partial charge in [0.2, 0.25) is 10.0 Å². The van der Waals surface area contributed by atoms with Gasteiger partial charge in [-0.1, -0.05) is 24.3 Å². The van der Waals surface area contributed by atoms with Gasteiger partial charge in [0, 0.05) is 12.5 Å². The van der Waals surface area contributed by atoms with Crippen molar-refractivity contribution in [2.45, 2.75) is 25.2 Å². The Morgan fingerprint density at radius 1 is 1.20 bits per heavy atom. The molecular formula is C15H22N2O2S. The van der Waals surface area contributed by atoms with E-state index in [-0.39, 0.29) is 5.75 Å². The summed E-state index contributed by atoms with van der Waals surface area (Å²) < 4.78 is 27.0. The highest BCUT2D eigenvalue weighted by atomic mass is 32.2. The van der Waals surface area contributed by atoms with Crippen LogP contribution in [-0.4, -0.2) is 33.8 Å². The van der Waals surface area contributed by atoms with Gasteiger partial charge >= 0.3 is 0 Å². The quantitative estimate of drug-likeness (QED) is 0.859. The van der Waals surface area contributed by atoms with Gasteiger partial charge < -0.3 is 5.32 Å². The topological polar surface area (TPSA) is 58.2 Å². The van der Waals surface area contributed by atoms with Gasteiger partial charge in [0.1, 0.15) is 0 Å². The van der Waals surface area contributed by atoms with Gasteiger partial charge in [0.25, 0.3) is 0 Å². The van der Waals surface area contributed by atoms with Gasteiger partial charge in [-0.2, -0.15) is 0 Å². The van der Waals surface area contributed by atoms with Crippen molar-refractivity contribution in [3.8, 4) is 0 Å². The van der Waals surface area contributed by atoms with E-state index in [9.17, 15) is 8.42 Å². The molecule has 2 aliphatic rings. The molecule has 1 heterocycles. The lowest BCUT2D eigenvalue weighted by Crippen LogP contribution is -2.38. The molecule has 110 valence electrons. The van der Waals surface area contributed by atoms with Crippen molar-refractivity contribution in [3.63, 3.8) is 0 Å². The highest BCUT2D eigenvalue weighted by Crippen LogP contribution is 2.34. The van der Waals surface area contributed by atoms with E-state index in [1.165, 1.54) is 11.1 Å². The number of hydrogen-bond acceptors (Lipinski definition) is 3. The predicted octanol–water partition coefficient (Wildman–Crippen LogP) is 1.25. The Balaban J connectivity index is 1.51. The first kappa shape index (κ1) is 14.0. The summed E-state index contributed by atoms with van der Waals surface area (Å²) in [7, 11) is -3.13. The molecule has 0 saturated carbocycles. The lowest BCUT2D eigenvalue weighted by molar-refractivity contribution is 0.399. The minimum Gasteiger partial charge on any atom is -0.317 e. The van der Waals surface area contributed by atoms with Gasteiger partial charge in [-0.05, 0) is 49.4 Å². The Morgan fingerprint density at radius 2 is 1.95 bits per heavy atom. The standard InChI is InChI=1S/C15H22N2O2S/c18-20(19,11-12-5-7-16-8-6-12)17-10-14-9-13-3-1-2-4-15(13)14/h1-4,12,14,16-17H,5-11H2. The van der Waals surface area contributed by atoms with E-state index < -0.39 is 10.0 Å². The number of fused-ring (bicyclic) bond motifs is 1. The molecule has 5 heteroatoms. The Labute approximate surface area is 121 Å². The highest BCUT2D eigenvalue weighted by Gasteiger charge is 2.27. The monoisotopic (exact) mass is 294 g/mol. The molecule has 2 N–H and O–H groups in total. The second-order valence-electron chi connectivity index (χ2n) is 5.92. The van der Waals surface area contributed by atoms with E-state index in [0.29, 0.717) is 18.4 Å². The van der Waals surface area contributed by atoms with E-state index >= 15 is 0 Å². The molecule has 1 aromatic carbocycles. The van der Waals surface area contributed by atoms with Crippen LogP contribution in [0.25, 0.3) is 0 Å². The Bertz CT molecular complexity index is 565. The molecule has 4 nitrogen and oxygen atoms in total. The van der Waals surface area contributed by atoms with Gasteiger partial charge in [0.05, 0.1) is 5.75 Å². The fourth-order valence-corrected chi connectivity index (χ4v) is 4.72. The first-order valence-electron chi connectivity index (χ1n) is 7.40. The van der Waals surface area contributed by atoms with Crippen LogP contribution in [0.4, 0.5) is 0 Å². The number of piperidine rings is 1. The van der Waals surface area contributed by atoms with Gasteiger partial charge in [-0.25, -0.2) is 13.1 Å². The fourth-order valence-electron chi connectivity index (χ4n) is 3.19. The molecule has 0 radical (unpaired) electrons. The molecule has 0 amide bonds. The summed E-state index contributed by atoms with van der Waals surface area (Å²) in [6, 6.07) is 8.28. The summed E-state index contributed by atoms with van der Waals surface area (Å²) in [6.07, 6.45) is 2.92. The zero-order valence-corrected chi connectivity index (χ0v) is 12.5. The number of nitrogens with one attached hydrogen (secondary N) is 2. The van der Waals surface area contributed by atoms with Gasteiger partial charge in [-0.15, -0.1) is 0 Å². The average Bonchev–Trinajstić information content (AvgIpc) is 2.40. The minimum absolute atomic E-state index is 0.281. The third kappa shape index (κ3) is 3.22. The largest absolute Gasteiger partial charge is 0.317 e. The summed E-state index contributed by atoms with van der Waals surface area (Å²) in [4.78, 5) is 0. The van der Waals surface area contributed by atoms with Crippen LogP contribution < -0.4 is 10.0 Å². The van der Waals surface area contributed by atoms with Crippen molar-refractivity contribution in [1.82, 2.24) is 10.0 Å². The van der Waals surface area contributed by atoms with Crippen LogP contribution in [0, 0.1) is 5.92 Å². The molecule has 0 spiro atoms. The molecule has 0 bridgehead atoms. The van der Waals surface area contributed by atoms with Crippen molar-refractivity contribution < 1.29 is 8.42 Å². The number of sulfonamides is 1. The van der Waals surface area contributed by atoms with Crippen molar-refractivity contribution in [1.29, 1.82) is 0 Å². The summed E-state index contributed by atoms with van der Waals surface area (Å²) in [5.41, 5.74) is 2.66. The Hall–Kier alpha value is -0.910. The Kier molecular flexibility index (Phi) is 4.10. The van der Waals surface area contributed by atoms with E-state index in [1.54, 1.807) is 0 Å². The van der Waals surface area contributed by atoms with E-state index in [2.05, 4.69) is 22.2 Å². The maximum absolute atomic E-state index is 12.1. The van der Waals surface area contributed by atoms with Crippen LogP contribution in [0.5, 0.6) is 0 Å². The van der Waals surface area contributed by atoms with Crippen LogP contribution in [0.15, 0.2) is 24.3 Å². The van der Waals surface area contributed by atoms with Gasteiger partial charge in [-0.3, -0.25) is 0 Å². The molecule has 1 atom stereocenters. The van der Waals surface area contributed by atoms with Crippen LogP contribution in [0.2, 0.25) is 0 Å². The maximum atomic E-state index is 12.1. The van der Waals surface area contributed by atoms with Crippen molar-refractivity contribution in [2.24, 2.45) is 5.92 Å². The summed E-state index contributed by atoms with van der Waals surface area (Å²) in [5.74, 6) is 0.944. The van der Waals surface area contributed by atoms with Crippen molar-refractivity contribution in [2.75, 3.05) is 25.4 Å². The predicted molar refractivity (Wildman–Crippen MR) is 80.3 cm³/mol.